The number of nitrogens with two attached hydrogens (primary N) is 1. The van der Waals surface area contributed by atoms with E-state index < -0.39 is 23.3 Å². The molecular formula is C11H22ClN3O4. The Morgan fingerprint density at radius 2 is 1.84 bits per heavy atom. The zero-order valence-corrected chi connectivity index (χ0v) is 12.3. The van der Waals surface area contributed by atoms with E-state index >= 15 is 0 Å². The summed E-state index contributed by atoms with van der Waals surface area (Å²) in [6.07, 6.45) is 1.16. The van der Waals surface area contributed by atoms with Gasteiger partial charge in [0.2, 0.25) is 11.8 Å². The van der Waals surface area contributed by atoms with Crippen molar-refractivity contribution in [1.29, 1.82) is 0 Å². The van der Waals surface area contributed by atoms with Crippen molar-refractivity contribution in [2.45, 2.75) is 32.2 Å². The van der Waals surface area contributed by atoms with E-state index in [0.29, 0.717) is 12.8 Å². The van der Waals surface area contributed by atoms with Crippen molar-refractivity contribution in [3.63, 3.8) is 0 Å². The van der Waals surface area contributed by atoms with E-state index in [1.165, 1.54) is 7.11 Å². The summed E-state index contributed by atoms with van der Waals surface area (Å²) in [6, 6.07) is 0. The van der Waals surface area contributed by atoms with E-state index in [1.54, 1.807) is 6.92 Å². The molecule has 0 radical (unpaired) electrons. The van der Waals surface area contributed by atoms with E-state index in [9.17, 15) is 14.4 Å². The summed E-state index contributed by atoms with van der Waals surface area (Å²) < 4.78 is 4.65. The zero-order valence-electron chi connectivity index (χ0n) is 11.4. The first-order valence-electron chi connectivity index (χ1n) is 5.75. The molecule has 0 heterocycles. The van der Waals surface area contributed by atoms with Crippen LogP contribution in [0, 0.1) is 0 Å². The maximum atomic E-state index is 11.6. The quantitative estimate of drug-likeness (QED) is 0.540. The highest BCUT2D eigenvalue weighted by molar-refractivity contribution is 5.90. The molecule has 0 aliphatic heterocycles. The molecule has 8 heteroatoms. The maximum Gasteiger partial charge on any atom is 0.331 e. The second-order valence-electron chi connectivity index (χ2n) is 4.10. The number of amides is 2. The summed E-state index contributed by atoms with van der Waals surface area (Å²) in [5, 5.41) is 4.88. The number of ether oxygens (including phenoxy) is 1. The Morgan fingerprint density at radius 1 is 1.26 bits per heavy atom. The van der Waals surface area contributed by atoms with Crippen LogP contribution in [0.1, 0.15) is 26.7 Å². The molecule has 0 saturated carbocycles. The molecule has 0 aliphatic carbocycles. The highest BCUT2D eigenvalue weighted by atomic mass is 35.5. The first kappa shape index (κ1) is 20.0. The zero-order chi connectivity index (χ0) is 14.2. The lowest BCUT2D eigenvalue weighted by Gasteiger charge is -2.27. The van der Waals surface area contributed by atoms with Gasteiger partial charge in [0.1, 0.15) is 5.54 Å². The van der Waals surface area contributed by atoms with Gasteiger partial charge in [-0.15, -0.1) is 12.4 Å². The van der Waals surface area contributed by atoms with Crippen molar-refractivity contribution in [2.24, 2.45) is 5.73 Å². The molecule has 0 bridgehead atoms. The van der Waals surface area contributed by atoms with Crippen LogP contribution in [0.15, 0.2) is 0 Å². The number of halogens is 1. The number of carbonyl (C=O) groups excluding carboxylic acids is 3. The molecule has 4 N–H and O–H groups in total. The van der Waals surface area contributed by atoms with Gasteiger partial charge in [0.25, 0.3) is 0 Å². The standard InChI is InChI=1S/C11H21N3O4.ClH/c1-4-5-11(2,10(17)18-3)14-9(16)7-13-8(15)6-12;/h4-7,12H2,1-3H3,(H,13,15)(H,14,16);1H. The van der Waals surface area contributed by atoms with Gasteiger partial charge in [-0.05, 0) is 13.3 Å². The van der Waals surface area contributed by atoms with Crippen LogP contribution in [0.4, 0.5) is 0 Å². The molecule has 0 rings (SSSR count). The molecule has 0 aromatic rings. The van der Waals surface area contributed by atoms with Crippen LogP contribution in [0.25, 0.3) is 0 Å². The maximum absolute atomic E-state index is 11.6. The molecule has 0 aromatic heterocycles. The van der Waals surface area contributed by atoms with Crippen molar-refractivity contribution in [1.82, 2.24) is 10.6 Å². The average Bonchev–Trinajstić information content (AvgIpc) is 2.34. The van der Waals surface area contributed by atoms with E-state index in [-0.39, 0.29) is 25.5 Å². The van der Waals surface area contributed by atoms with Gasteiger partial charge in [0, 0.05) is 0 Å². The Hall–Kier alpha value is -1.34. The van der Waals surface area contributed by atoms with Crippen molar-refractivity contribution in [2.75, 3.05) is 20.2 Å². The van der Waals surface area contributed by atoms with Gasteiger partial charge < -0.3 is 21.1 Å². The van der Waals surface area contributed by atoms with Gasteiger partial charge in [0.15, 0.2) is 0 Å². The summed E-state index contributed by atoms with van der Waals surface area (Å²) in [4.78, 5) is 34.1. The summed E-state index contributed by atoms with van der Waals surface area (Å²) >= 11 is 0. The number of hydrogen-bond donors (Lipinski definition) is 3. The monoisotopic (exact) mass is 295 g/mol. The predicted molar refractivity (Wildman–Crippen MR) is 72.8 cm³/mol. The average molecular weight is 296 g/mol. The third-order valence-corrected chi connectivity index (χ3v) is 2.43. The molecule has 2 amide bonds. The third-order valence-electron chi connectivity index (χ3n) is 2.43. The van der Waals surface area contributed by atoms with E-state index in [4.69, 9.17) is 5.73 Å². The summed E-state index contributed by atoms with van der Waals surface area (Å²) in [6.45, 7) is 3.08. The second kappa shape index (κ2) is 9.57. The summed E-state index contributed by atoms with van der Waals surface area (Å²) in [7, 11) is 1.26. The van der Waals surface area contributed by atoms with Gasteiger partial charge in [-0.3, -0.25) is 9.59 Å². The minimum absolute atomic E-state index is 0. The molecular weight excluding hydrogens is 274 g/mol. The number of hydrogen-bond acceptors (Lipinski definition) is 5. The Morgan fingerprint density at radius 3 is 2.26 bits per heavy atom. The van der Waals surface area contributed by atoms with Gasteiger partial charge >= 0.3 is 5.97 Å². The fourth-order valence-electron chi connectivity index (χ4n) is 1.54. The van der Waals surface area contributed by atoms with Gasteiger partial charge in [-0.25, -0.2) is 4.79 Å². The van der Waals surface area contributed by atoms with Gasteiger partial charge in [0.05, 0.1) is 20.2 Å². The molecule has 0 fully saturated rings. The lowest BCUT2D eigenvalue weighted by atomic mass is 9.96. The van der Waals surface area contributed by atoms with Crippen molar-refractivity contribution in [3.8, 4) is 0 Å². The number of nitrogens with one attached hydrogen (secondary N) is 2. The topological polar surface area (TPSA) is 111 Å². The molecule has 112 valence electrons. The highest BCUT2D eigenvalue weighted by Gasteiger charge is 2.34. The largest absolute Gasteiger partial charge is 0.467 e. The number of esters is 1. The Balaban J connectivity index is 0. The minimum atomic E-state index is -1.08. The Labute approximate surface area is 119 Å². The molecule has 7 nitrogen and oxygen atoms in total. The van der Waals surface area contributed by atoms with Crippen LogP contribution in [0.5, 0.6) is 0 Å². The molecule has 0 aromatic carbocycles. The lowest BCUT2D eigenvalue weighted by molar-refractivity contribution is -0.150. The summed E-state index contributed by atoms with van der Waals surface area (Å²) in [5.41, 5.74) is 4.01. The molecule has 1 atom stereocenters. The minimum Gasteiger partial charge on any atom is -0.467 e. The normalized spacial score (nSPS) is 12.6. The van der Waals surface area contributed by atoms with Crippen molar-refractivity contribution in [3.05, 3.63) is 0 Å². The van der Waals surface area contributed by atoms with E-state index in [1.807, 2.05) is 6.92 Å². The van der Waals surface area contributed by atoms with Gasteiger partial charge in [-0.1, -0.05) is 13.3 Å². The fourth-order valence-corrected chi connectivity index (χ4v) is 1.54. The van der Waals surface area contributed by atoms with Crippen LogP contribution in [0.2, 0.25) is 0 Å². The predicted octanol–water partition coefficient (Wildman–Crippen LogP) is -0.669. The van der Waals surface area contributed by atoms with Crippen LogP contribution < -0.4 is 16.4 Å². The molecule has 1 unspecified atom stereocenters. The molecule has 0 saturated heterocycles. The van der Waals surface area contributed by atoms with E-state index in [2.05, 4.69) is 15.4 Å². The number of methoxy groups -OCH3 is 1. The SMILES string of the molecule is CCCC(C)(NC(=O)CNC(=O)CN)C(=O)OC.Cl. The smallest absolute Gasteiger partial charge is 0.331 e. The van der Waals surface area contributed by atoms with Crippen LogP contribution >= 0.6 is 12.4 Å². The van der Waals surface area contributed by atoms with E-state index in [0.717, 1.165) is 0 Å². The number of carbonyl (C=O) groups is 3. The second-order valence-corrected chi connectivity index (χ2v) is 4.10. The Bertz CT molecular complexity index is 325. The molecule has 0 aliphatic rings. The van der Waals surface area contributed by atoms with Crippen molar-refractivity contribution >= 4 is 30.2 Å². The third kappa shape index (κ3) is 6.97. The summed E-state index contributed by atoms with van der Waals surface area (Å²) in [5.74, 6) is -1.40. The molecule has 19 heavy (non-hydrogen) atoms. The van der Waals surface area contributed by atoms with Crippen LogP contribution in [0.3, 0.4) is 0 Å². The Kier molecular flexibility index (Phi) is 10.1. The van der Waals surface area contributed by atoms with Crippen molar-refractivity contribution < 1.29 is 19.1 Å². The van der Waals surface area contributed by atoms with Crippen LogP contribution in [-0.4, -0.2) is 43.5 Å². The first-order chi connectivity index (χ1) is 8.39. The fraction of sp³-hybridized carbons (Fsp3) is 0.727. The van der Waals surface area contributed by atoms with Gasteiger partial charge in [-0.2, -0.15) is 0 Å². The lowest BCUT2D eigenvalue weighted by Crippen LogP contribution is -2.55. The molecule has 0 spiro atoms. The first-order valence-corrected chi connectivity index (χ1v) is 5.75. The van der Waals surface area contributed by atoms with Crippen LogP contribution in [-0.2, 0) is 19.1 Å². The number of rotatable bonds is 7. The highest BCUT2D eigenvalue weighted by Crippen LogP contribution is 2.13.